The third kappa shape index (κ3) is 51.9. The highest BCUT2D eigenvalue weighted by atomic mass is 16.3. The second-order valence-corrected chi connectivity index (χ2v) is 18.3. The van der Waals surface area contributed by atoms with Crippen LogP contribution in [0.5, 0.6) is 0 Å². The van der Waals surface area contributed by atoms with Crippen molar-refractivity contribution in [1.29, 1.82) is 0 Å². The van der Waals surface area contributed by atoms with Crippen molar-refractivity contribution in [3.8, 4) is 0 Å². The van der Waals surface area contributed by atoms with Crippen LogP contribution < -0.4 is 5.32 Å². The standard InChI is InChI=1S/C61H105NO3/c1-3-5-7-9-11-13-15-17-19-21-22-23-24-25-26-27-28-29-30-31-32-33-34-35-36-37-38-39-40-41-43-45-47-49-51-53-55-57-61(65)62-59(58-63)60(64)56-54-52-50-48-46-44-42-20-18-16-14-12-10-8-6-4-2/h5,7,11,13,17,19,22-23,25-26,28-29,31-32,46,48,54,56,59-60,63-64H,3-4,6,8-10,12,14-16,18,20-21,24,27,30,33-45,47,49-53,55,57-58H2,1-2H3,(H,62,65)/b7-5-,13-11-,19-17-,23-22-,26-25-,29-28-,32-31-,48-46+,56-54+. The summed E-state index contributed by atoms with van der Waals surface area (Å²) in [5.74, 6) is -0.0769. The van der Waals surface area contributed by atoms with Gasteiger partial charge in [0.25, 0.3) is 0 Å². The lowest BCUT2D eigenvalue weighted by Gasteiger charge is -2.19. The Morgan fingerprint density at radius 3 is 1.08 bits per heavy atom. The minimum Gasteiger partial charge on any atom is -0.394 e. The fourth-order valence-corrected chi connectivity index (χ4v) is 7.82. The molecule has 0 aromatic heterocycles. The van der Waals surface area contributed by atoms with Gasteiger partial charge in [-0.1, -0.05) is 264 Å². The summed E-state index contributed by atoms with van der Waals surface area (Å²) in [7, 11) is 0. The molecule has 0 heterocycles. The molecule has 4 heteroatoms. The second-order valence-electron chi connectivity index (χ2n) is 18.3. The van der Waals surface area contributed by atoms with Crippen LogP contribution in [0, 0.1) is 0 Å². The highest BCUT2D eigenvalue weighted by Crippen LogP contribution is 2.15. The number of allylic oxidation sites excluding steroid dienone is 17. The number of hydrogen-bond acceptors (Lipinski definition) is 3. The first-order valence-electron chi connectivity index (χ1n) is 27.6. The molecule has 0 rings (SSSR count). The molecular weight excluding hydrogens is 795 g/mol. The molecule has 0 aromatic carbocycles. The Morgan fingerprint density at radius 1 is 0.385 bits per heavy atom. The minimum atomic E-state index is -0.867. The average Bonchev–Trinajstić information content (AvgIpc) is 3.31. The van der Waals surface area contributed by atoms with Gasteiger partial charge >= 0.3 is 0 Å². The SMILES string of the molecule is CC/C=C\C/C=C\C/C=C\C/C=C\C/C=C\C/C=C\C/C=C\CCCCCCCCCCCCCCCCCC(=O)NC(CO)C(O)/C=C/CC/C=C/CCCCCCCCCCCC. The van der Waals surface area contributed by atoms with Gasteiger partial charge in [-0.25, -0.2) is 0 Å². The maximum atomic E-state index is 12.4. The van der Waals surface area contributed by atoms with Gasteiger partial charge in [0.2, 0.25) is 5.91 Å². The molecule has 0 spiro atoms. The van der Waals surface area contributed by atoms with Gasteiger partial charge in [0.1, 0.15) is 0 Å². The summed E-state index contributed by atoms with van der Waals surface area (Å²) in [6, 6.07) is -0.644. The van der Waals surface area contributed by atoms with Crippen LogP contribution in [0.3, 0.4) is 0 Å². The van der Waals surface area contributed by atoms with E-state index < -0.39 is 12.1 Å². The van der Waals surface area contributed by atoms with E-state index in [1.165, 1.54) is 154 Å². The highest BCUT2D eigenvalue weighted by Gasteiger charge is 2.17. The molecule has 0 bridgehead atoms. The molecule has 1 amide bonds. The molecule has 0 aromatic rings. The Morgan fingerprint density at radius 2 is 0.692 bits per heavy atom. The van der Waals surface area contributed by atoms with Crippen LogP contribution >= 0.6 is 0 Å². The number of hydrogen-bond donors (Lipinski definition) is 3. The molecule has 372 valence electrons. The van der Waals surface area contributed by atoms with E-state index in [1.807, 2.05) is 6.08 Å². The maximum absolute atomic E-state index is 12.4. The molecule has 2 unspecified atom stereocenters. The number of carbonyl (C=O) groups is 1. The Labute approximate surface area is 404 Å². The number of amides is 1. The van der Waals surface area contributed by atoms with Crippen LogP contribution in [0.4, 0.5) is 0 Å². The number of nitrogens with one attached hydrogen (secondary N) is 1. The van der Waals surface area contributed by atoms with Gasteiger partial charge in [0, 0.05) is 6.42 Å². The lowest BCUT2D eigenvalue weighted by molar-refractivity contribution is -0.123. The molecule has 0 aliphatic carbocycles. The van der Waals surface area contributed by atoms with E-state index in [1.54, 1.807) is 6.08 Å². The zero-order valence-electron chi connectivity index (χ0n) is 42.7. The number of aliphatic hydroxyl groups excluding tert-OH is 2. The van der Waals surface area contributed by atoms with Crippen LogP contribution in [0.15, 0.2) is 109 Å². The van der Waals surface area contributed by atoms with Crippen molar-refractivity contribution >= 4 is 5.91 Å². The molecule has 0 aliphatic heterocycles. The Hall–Kier alpha value is -2.95. The monoisotopic (exact) mass is 900 g/mol. The lowest BCUT2D eigenvalue weighted by Crippen LogP contribution is -2.45. The largest absolute Gasteiger partial charge is 0.394 e. The van der Waals surface area contributed by atoms with Crippen LogP contribution in [-0.2, 0) is 4.79 Å². The summed E-state index contributed by atoms with van der Waals surface area (Å²) in [6.45, 7) is 4.18. The van der Waals surface area contributed by atoms with Crippen molar-refractivity contribution in [3.05, 3.63) is 109 Å². The Bertz CT molecular complexity index is 1250. The van der Waals surface area contributed by atoms with Gasteiger partial charge in [-0.05, 0) is 89.9 Å². The zero-order chi connectivity index (χ0) is 47.0. The Kier molecular flexibility index (Phi) is 52.9. The molecule has 0 radical (unpaired) electrons. The van der Waals surface area contributed by atoms with Crippen LogP contribution in [0.2, 0.25) is 0 Å². The van der Waals surface area contributed by atoms with E-state index in [2.05, 4.69) is 116 Å². The van der Waals surface area contributed by atoms with Crippen molar-refractivity contribution in [2.45, 2.75) is 264 Å². The predicted molar refractivity (Wildman–Crippen MR) is 289 cm³/mol. The third-order valence-electron chi connectivity index (χ3n) is 12.0. The van der Waals surface area contributed by atoms with E-state index in [0.29, 0.717) is 6.42 Å². The molecular formula is C61H105NO3. The van der Waals surface area contributed by atoms with Crippen molar-refractivity contribution in [2.75, 3.05) is 6.61 Å². The summed E-state index contributed by atoms with van der Waals surface area (Å²) in [5, 5.41) is 23.1. The molecule has 4 nitrogen and oxygen atoms in total. The molecule has 2 atom stereocenters. The van der Waals surface area contributed by atoms with E-state index in [0.717, 1.165) is 77.0 Å². The highest BCUT2D eigenvalue weighted by molar-refractivity contribution is 5.76. The quantitative estimate of drug-likeness (QED) is 0.0421. The summed E-state index contributed by atoms with van der Waals surface area (Å²) >= 11 is 0. The molecule has 65 heavy (non-hydrogen) atoms. The zero-order valence-corrected chi connectivity index (χ0v) is 42.7. The van der Waals surface area contributed by atoms with Crippen molar-refractivity contribution < 1.29 is 15.0 Å². The summed E-state index contributed by atoms with van der Waals surface area (Å²) < 4.78 is 0. The topological polar surface area (TPSA) is 69.6 Å². The first-order valence-corrected chi connectivity index (χ1v) is 27.6. The number of carbonyl (C=O) groups excluding carboxylic acids is 1. The summed E-state index contributed by atoms with van der Waals surface area (Å²) in [4.78, 5) is 12.4. The number of aliphatic hydroxyl groups is 2. The van der Waals surface area contributed by atoms with Gasteiger partial charge in [0.05, 0.1) is 18.8 Å². The fraction of sp³-hybridized carbons (Fsp3) is 0.689. The normalized spacial score (nSPS) is 13.7. The molecule has 3 N–H and O–H groups in total. The smallest absolute Gasteiger partial charge is 0.220 e. The maximum Gasteiger partial charge on any atom is 0.220 e. The van der Waals surface area contributed by atoms with E-state index >= 15 is 0 Å². The lowest BCUT2D eigenvalue weighted by atomic mass is 10.0. The number of unbranched alkanes of at least 4 members (excludes halogenated alkanes) is 26. The second kappa shape index (κ2) is 55.4. The molecule has 0 fully saturated rings. The van der Waals surface area contributed by atoms with Gasteiger partial charge in [0.15, 0.2) is 0 Å². The van der Waals surface area contributed by atoms with Gasteiger partial charge in [-0.3, -0.25) is 4.79 Å². The van der Waals surface area contributed by atoms with Crippen molar-refractivity contribution in [1.82, 2.24) is 5.32 Å². The van der Waals surface area contributed by atoms with Crippen LogP contribution in [0.1, 0.15) is 251 Å². The fourth-order valence-electron chi connectivity index (χ4n) is 7.82. The first-order chi connectivity index (χ1) is 32.2. The molecule has 0 saturated carbocycles. The third-order valence-corrected chi connectivity index (χ3v) is 12.0. The molecule has 0 aliphatic rings. The van der Waals surface area contributed by atoms with Crippen LogP contribution in [-0.4, -0.2) is 34.9 Å². The predicted octanol–water partition coefficient (Wildman–Crippen LogP) is 18.3. The van der Waals surface area contributed by atoms with E-state index in [9.17, 15) is 15.0 Å². The van der Waals surface area contributed by atoms with Crippen molar-refractivity contribution in [3.63, 3.8) is 0 Å². The van der Waals surface area contributed by atoms with Gasteiger partial charge in [-0.2, -0.15) is 0 Å². The van der Waals surface area contributed by atoms with Gasteiger partial charge < -0.3 is 15.5 Å². The van der Waals surface area contributed by atoms with Gasteiger partial charge in [-0.15, -0.1) is 0 Å². The average molecular weight is 901 g/mol. The molecule has 0 saturated heterocycles. The number of rotatable bonds is 49. The van der Waals surface area contributed by atoms with Crippen molar-refractivity contribution in [2.24, 2.45) is 0 Å². The van der Waals surface area contributed by atoms with E-state index in [-0.39, 0.29) is 12.5 Å². The Balaban J connectivity index is 3.55. The first kappa shape index (κ1) is 62.1. The summed E-state index contributed by atoms with van der Waals surface area (Å²) in [5.41, 5.74) is 0. The minimum absolute atomic E-state index is 0.0769. The summed E-state index contributed by atoms with van der Waals surface area (Å²) in [6.07, 6.45) is 83.8. The van der Waals surface area contributed by atoms with Crippen LogP contribution in [0.25, 0.3) is 0 Å². The van der Waals surface area contributed by atoms with E-state index in [4.69, 9.17) is 0 Å².